The quantitative estimate of drug-likeness (QED) is 0.566. The van der Waals surface area contributed by atoms with Gasteiger partial charge in [0.05, 0.1) is 6.20 Å². The Hall–Kier alpha value is -1.45. The number of hydrogen-bond acceptors (Lipinski definition) is 5. The van der Waals surface area contributed by atoms with Crippen LogP contribution in [0.25, 0.3) is 0 Å². The highest BCUT2D eigenvalue weighted by Crippen LogP contribution is 2.11. The Morgan fingerprint density at radius 1 is 1.65 bits per heavy atom. The lowest BCUT2D eigenvalue weighted by Gasteiger charge is -2.05. The van der Waals surface area contributed by atoms with Crippen LogP contribution in [0.15, 0.2) is 11.2 Å². The second-order valence-electron chi connectivity index (χ2n) is 3.16. The van der Waals surface area contributed by atoms with E-state index in [0.717, 1.165) is 6.20 Å². The van der Waals surface area contributed by atoms with Crippen LogP contribution in [0.4, 0.5) is 0 Å². The van der Waals surface area contributed by atoms with Crippen molar-refractivity contribution in [2.45, 2.75) is 11.4 Å². The summed E-state index contributed by atoms with van der Waals surface area (Å²) in [5.41, 5.74) is -0.385. The first-order valence-corrected chi connectivity index (χ1v) is 6.22. The van der Waals surface area contributed by atoms with Gasteiger partial charge in [-0.25, -0.2) is 17.9 Å². The topological polar surface area (TPSA) is 121 Å². The number of hydrogen-bond donors (Lipinski definition) is 3. The first-order chi connectivity index (χ1) is 7.99. The fourth-order valence-corrected chi connectivity index (χ4v) is 2.29. The van der Waals surface area contributed by atoms with E-state index >= 15 is 0 Å². The number of aromatic nitrogens is 2. The zero-order valence-corrected chi connectivity index (χ0v) is 9.95. The van der Waals surface area contributed by atoms with Gasteiger partial charge in [-0.15, -0.1) is 0 Å². The highest BCUT2D eigenvalue weighted by Gasteiger charge is 2.24. The van der Waals surface area contributed by atoms with E-state index in [4.69, 9.17) is 9.84 Å². The lowest BCUT2D eigenvalue weighted by Crippen LogP contribution is -2.27. The average molecular weight is 263 g/mol. The van der Waals surface area contributed by atoms with Gasteiger partial charge in [0.15, 0.2) is 5.03 Å². The number of ether oxygens (including phenoxy) is 1. The molecule has 0 saturated carbocycles. The van der Waals surface area contributed by atoms with Gasteiger partial charge < -0.3 is 9.84 Å². The lowest BCUT2D eigenvalue weighted by molar-refractivity contribution is 0.0692. The highest BCUT2D eigenvalue weighted by molar-refractivity contribution is 7.89. The molecule has 0 aliphatic rings. The van der Waals surface area contributed by atoms with Crippen LogP contribution in [0.3, 0.4) is 0 Å². The molecule has 0 unspecified atom stereocenters. The van der Waals surface area contributed by atoms with Gasteiger partial charge in [0, 0.05) is 20.3 Å². The van der Waals surface area contributed by atoms with Gasteiger partial charge in [-0.3, -0.25) is 5.10 Å². The molecule has 96 valence electrons. The summed E-state index contributed by atoms with van der Waals surface area (Å²) in [4.78, 5) is 10.7. The summed E-state index contributed by atoms with van der Waals surface area (Å²) >= 11 is 0. The standard InChI is InChI=1S/C8H13N3O5S/c1-16-4-2-3-10-17(14,15)7-6(8(12)13)5-9-11-7/h5,10H,2-4H2,1H3,(H,9,11)(H,12,13). The average Bonchev–Trinajstić information content (AvgIpc) is 2.74. The molecule has 0 aromatic carbocycles. The molecule has 3 N–H and O–H groups in total. The molecular weight excluding hydrogens is 250 g/mol. The van der Waals surface area contributed by atoms with E-state index in [0.29, 0.717) is 13.0 Å². The van der Waals surface area contributed by atoms with Crippen LogP contribution in [0, 0.1) is 0 Å². The maximum Gasteiger partial charge on any atom is 0.340 e. The summed E-state index contributed by atoms with van der Waals surface area (Å²) < 4.78 is 30.4. The molecule has 1 aromatic rings. The Morgan fingerprint density at radius 3 is 2.94 bits per heavy atom. The number of nitrogens with one attached hydrogen (secondary N) is 2. The van der Waals surface area contributed by atoms with Gasteiger partial charge in [0.1, 0.15) is 5.56 Å². The smallest absolute Gasteiger partial charge is 0.340 e. The van der Waals surface area contributed by atoms with E-state index in [2.05, 4.69) is 14.9 Å². The maximum atomic E-state index is 11.7. The zero-order valence-electron chi connectivity index (χ0n) is 9.13. The monoisotopic (exact) mass is 263 g/mol. The molecular formula is C8H13N3O5S. The van der Waals surface area contributed by atoms with E-state index in [1.807, 2.05) is 0 Å². The summed E-state index contributed by atoms with van der Waals surface area (Å²) in [5.74, 6) is -1.35. The van der Waals surface area contributed by atoms with Crippen LogP contribution in [0.1, 0.15) is 16.8 Å². The van der Waals surface area contributed by atoms with Crippen LogP contribution in [-0.2, 0) is 14.8 Å². The van der Waals surface area contributed by atoms with Gasteiger partial charge in [-0.05, 0) is 6.42 Å². The van der Waals surface area contributed by atoms with Gasteiger partial charge in [0.2, 0.25) is 0 Å². The fraction of sp³-hybridized carbons (Fsp3) is 0.500. The number of aromatic amines is 1. The van der Waals surface area contributed by atoms with E-state index in [1.165, 1.54) is 7.11 Å². The largest absolute Gasteiger partial charge is 0.478 e. The van der Waals surface area contributed by atoms with Crippen molar-refractivity contribution in [3.05, 3.63) is 11.8 Å². The molecule has 0 saturated heterocycles. The Morgan fingerprint density at radius 2 is 2.35 bits per heavy atom. The third kappa shape index (κ3) is 3.51. The molecule has 9 heteroatoms. The number of carbonyl (C=O) groups is 1. The Balaban J connectivity index is 2.76. The Labute approximate surface area is 98.0 Å². The predicted molar refractivity (Wildman–Crippen MR) is 57.2 cm³/mol. The minimum absolute atomic E-state index is 0.161. The first-order valence-electron chi connectivity index (χ1n) is 4.74. The molecule has 0 spiro atoms. The number of H-pyrrole nitrogens is 1. The molecule has 0 aliphatic carbocycles. The minimum atomic E-state index is -3.88. The molecule has 8 nitrogen and oxygen atoms in total. The molecule has 1 aromatic heterocycles. The summed E-state index contributed by atoms with van der Waals surface area (Å²) in [5, 5.41) is 13.9. The van der Waals surface area contributed by atoms with Crippen molar-refractivity contribution in [3.8, 4) is 0 Å². The Kier molecular flexibility index (Phi) is 4.61. The van der Waals surface area contributed by atoms with Gasteiger partial charge >= 0.3 is 5.97 Å². The molecule has 0 aliphatic heterocycles. The van der Waals surface area contributed by atoms with E-state index < -0.39 is 21.0 Å². The summed E-state index contributed by atoms with van der Waals surface area (Å²) in [6.07, 6.45) is 1.44. The summed E-state index contributed by atoms with van der Waals surface area (Å²) in [6, 6.07) is 0. The first kappa shape index (κ1) is 13.6. The molecule has 17 heavy (non-hydrogen) atoms. The number of aromatic carboxylic acids is 1. The third-order valence-corrected chi connectivity index (χ3v) is 3.35. The zero-order chi connectivity index (χ0) is 12.9. The van der Waals surface area contributed by atoms with Crippen molar-refractivity contribution >= 4 is 16.0 Å². The Bertz CT molecular complexity index is 481. The van der Waals surface area contributed by atoms with E-state index in [1.54, 1.807) is 0 Å². The van der Waals surface area contributed by atoms with Crippen molar-refractivity contribution in [1.29, 1.82) is 0 Å². The number of methoxy groups -OCH3 is 1. The van der Waals surface area contributed by atoms with Gasteiger partial charge in [-0.2, -0.15) is 5.10 Å². The van der Waals surface area contributed by atoms with E-state index in [9.17, 15) is 13.2 Å². The number of carboxylic acid groups (broad SMARTS) is 1. The van der Waals surface area contributed by atoms with Crippen molar-refractivity contribution in [2.75, 3.05) is 20.3 Å². The number of rotatable bonds is 7. The van der Waals surface area contributed by atoms with Gasteiger partial charge in [0.25, 0.3) is 10.0 Å². The molecule has 1 heterocycles. The van der Waals surface area contributed by atoms with Crippen LogP contribution in [0.5, 0.6) is 0 Å². The maximum absolute atomic E-state index is 11.7. The van der Waals surface area contributed by atoms with Crippen molar-refractivity contribution in [2.24, 2.45) is 0 Å². The molecule has 0 atom stereocenters. The van der Waals surface area contributed by atoms with Crippen LogP contribution < -0.4 is 4.72 Å². The van der Waals surface area contributed by atoms with Crippen molar-refractivity contribution in [1.82, 2.24) is 14.9 Å². The molecule has 0 amide bonds. The second-order valence-corrected chi connectivity index (χ2v) is 4.87. The van der Waals surface area contributed by atoms with E-state index in [-0.39, 0.29) is 12.1 Å². The summed E-state index contributed by atoms with van der Waals surface area (Å²) in [6.45, 7) is 0.575. The summed E-state index contributed by atoms with van der Waals surface area (Å²) in [7, 11) is -2.37. The number of carboxylic acids is 1. The normalized spacial score (nSPS) is 11.6. The van der Waals surface area contributed by atoms with Crippen LogP contribution in [0.2, 0.25) is 0 Å². The van der Waals surface area contributed by atoms with Crippen molar-refractivity contribution < 1.29 is 23.1 Å². The minimum Gasteiger partial charge on any atom is -0.478 e. The number of nitrogens with zero attached hydrogens (tertiary/aromatic N) is 1. The lowest BCUT2D eigenvalue weighted by atomic mass is 10.4. The molecule has 0 bridgehead atoms. The highest BCUT2D eigenvalue weighted by atomic mass is 32.2. The molecule has 0 radical (unpaired) electrons. The second kappa shape index (κ2) is 5.75. The van der Waals surface area contributed by atoms with Crippen molar-refractivity contribution in [3.63, 3.8) is 0 Å². The number of sulfonamides is 1. The molecule has 1 rings (SSSR count). The van der Waals surface area contributed by atoms with Crippen LogP contribution in [-0.4, -0.2) is 50.0 Å². The van der Waals surface area contributed by atoms with Crippen LogP contribution >= 0.6 is 0 Å². The molecule has 0 fully saturated rings. The third-order valence-electron chi connectivity index (χ3n) is 1.92. The SMILES string of the molecule is COCCCNS(=O)(=O)c1[nH]ncc1C(=O)O. The van der Waals surface area contributed by atoms with Gasteiger partial charge in [-0.1, -0.05) is 0 Å². The predicted octanol–water partition coefficient (Wildman–Crippen LogP) is -0.577. The fourth-order valence-electron chi connectivity index (χ4n) is 1.13.